The minimum atomic E-state index is -0.933. The van der Waals surface area contributed by atoms with Crippen LogP contribution in [0.5, 0.6) is 0 Å². The van der Waals surface area contributed by atoms with Gasteiger partial charge < -0.3 is 20.1 Å². The van der Waals surface area contributed by atoms with E-state index >= 15 is 4.79 Å². The Labute approximate surface area is 334 Å². The lowest BCUT2D eigenvalue weighted by atomic mass is 9.31. The average Bonchev–Trinajstić information content (AvgIpc) is 3.65. The van der Waals surface area contributed by atoms with Crippen molar-refractivity contribution < 1.29 is 19.1 Å². The average molecular weight is 760 g/mol. The zero-order valence-electron chi connectivity index (χ0n) is 34.1. The summed E-state index contributed by atoms with van der Waals surface area (Å²) in [6.45, 7) is 8.77. The largest absolute Gasteiger partial charge is 0.449 e. The number of nitrogens with two attached hydrogens (primary N) is 1. The summed E-state index contributed by atoms with van der Waals surface area (Å²) in [5, 5.41) is 0. The molecule has 2 saturated carbocycles. The van der Waals surface area contributed by atoms with Crippen LogP contribution in [0.1, 0.15) is 138 Å². The Hall–Kier alpha value is -2.90. The third-order valence-electron chi connectivity index (χ3n) is 17.7. The van der Waals surface area contributed by atoms with Crippen LogP contribution in [0.3, 0.4) is 0 Å². The van der Waals surface area contributed by atoms with Gasteiger partial charge in [0.2, 0.25) is 0 Å². The summed E-state index contributed by atoms with van der Waals surface area (Å²) in [5.41, 5.74) is 9.24. The number of esters is 2. The van der Waals surface area contributed by atoms with Crippen LogP contribution >= 0.6 is 0 Å². The van der Waals surface area contributed by atoms with Gasteiger partial charge in [-0.2, -0.15) is 0 Å². The minimum absolute atomic E-state index is 0.0881. The van der Waals surface area contributed by atoms with E-state index in [1.54, 1.807) is 5.70 Å². The van der Waals surface area contributed by atoms with Gasteiger partial charge in [0.25, 0.3) is 0 Å². The van der Waals surface area contributed by atoms with Gasteiger partial charge in [-0.25, -0.2) is 4.79 Å². The molecule has 6 fully saturated rings. The molecule has 2 N–H and O–H groups in total. The number of hydrogen-bond acceptors (Lipinski definition) is 7. The SMILES string of the molecule is CCC[C@@H]1[C@@]2(OC(=O)c3c(CCCN)cccc32)[C@@]23CCC4=C[C@@]12C(=O)O/C3=C\[C@@H]1CC[C@@H]2[C@H]3C[C@H](CN(C3)C3=CC[C@H](C)C[C@H]43)CN2[C@H]1CC1CCCCC1. The van der Waals surface area contributed by atoms with Crippen molar-refractivity contribution in [2.24, 2.45) is 58.0 Å². The normalized spacial score (nSPS) is 44.2. The van der Waals surface area contributed by atoms with Gasteiger partial charge in [0.15, 0.2) is 5.60 Å². The highest BCUT2D eigenvalue weighted by Gasteiger charge is 2.91. The van der Waals surface area contributed by atoms with E-state index in [0.717, 1.165) is 86.2 Å². The highest BCUT2D eigenvalue weighted by molar-refractivity contribution is 5.99. The standard InChI is InChI=1S/C49H65N3O4/c1-3-9-42-47-26-35-19-20-48(47,49(42)38-14-7-12-33(13-8-21-50)44(38)45(53)56-49)43(55-46(47)54)25-34-16-18-39-36-23-32(27-51(29-36)40-17-15-30(2)22-37(35)40)28-52(39)41(34)24-31-10-5-4-6-11-31/h7,12,14,17,25-26,30-32,34,36-37,39,41-42H,3-6,8-11,13,15-16,18-24,27-29,50H2,1-2H3/b43-25-/t30-,32+,34-,36-,37+,39+,41-,42-,47-,48+,49+/m0/s1. The number of benzene rings is 1. The predicted octanol–water partition coefficient (Wildman–Crippen LogP) is 8.82. The summed E-state index contributed by atoms with van der Waals surface area (Å²) in [6.07, 6.45) is 26.6. The topological polar surface area (TPSA) is 85.1 Å². The first-order chi connectivity index (χ1) is 27.3. The molecule has 56 heavy (non-hydrogen) atoms. The fourth-order valence-electron chi connectivity index (χ4n) is 15.7. The Morgan fingerprint density at radius 2 is 1.89 bits per heavy atom. The third kappa shape index (κ3) is 4.76. The Balaban J connectivity index is 1.14. The van der Waals surface area contributed by atoms with E-state index in [1.807, 2.05) is 0 Å². The van der Waals surface area contributed by atoms with Crippen molar-refractivity contribution in [3.8, 4) is 0 Å². The number of nitrogens with zero attached hydrogens (tertiary/aromatic N) is 2. The van der Waals surface area contributed by atoms with Crippen LogP contribution in [0.25, 0.3) is 0 Å². The van der Waals surface area contributed by atoms with Crippen molar-refractivity contribution in [2.45, 2.75) is 141 Å². The van der Waals surface area contributed by atoms with Crippen LogP contribution in [0.15, 0.2) is 53.5 Å². The molecule has 2 spiro atoms. The number of rotatable bonds is 7. The monoisotopic (exact) mass is 759 g/mol. The Morgan fingerprint density at radius 1 is 1.02 bits per heavy atom. The molecule has 12 atom stereocenters. The molecule has 4 aliphatic carbocycles. The van der Waals surface area contributed by atoms with Gasteiger partial charge in [-0.3, -0.25) is 9.69 Å². The van der Waals surface area contributed by atoms with Crippen LogP contribution in [0.2, 0.25) is 0 Å². The molecule has 10 aliphatic heterocycles. The van der Waals surface area contributed by atoms with E-state index in [2.05, 4.69) is 60.1 Å². The van der Waals surface area contributed by atoms with Crippen LogP contribution in [0, 0.1) is 52.3 Å². The number of ether oxygens (including phenoxy) is 2. The molecule has 10 bridgehead atoms. The van der Waals surface area contributed by atoms with Crippen molar-refractivity contribution in [1.82, 2.24) is 9.80 Å². The molecule has 0 radical (unpaired) electrons. The summed E-state index contributed by atoms with van der Waals surface area (Å²) in [4.78, 5) is 35.7. The molecule has 0 aromatic heterocycles. The minimum Gasteiger partial charge on any atom is -0.449 e. The van der Waals surface area contributed by atoms with Gasteiger partial charge in [-0.15, -0.1) is 0 Å². The fraction of sp³-hybridized carbons (Fsp3) is 0.714. The maximum atomic E-state index is 15.3. The van der Waals surface area contributed by atoms with Gasteiger partial charge >= 0.3 is 11.9 Å². The zero-order valence-corrected chi connectivity index (χ0v) is 34.1. The first-order valence-electron chi connectivity index (χ1n) is 23.3. The first kappa shape index (κ1) is 36.2. The smallest absolute Gasteiger partial charge is 0.339 e. The van der Waals surface area contributed by atoms with E-state index in [0.29, 0.717) is 48.2 Å². The number of aryl methyl sites for hydroxylation is 1. The van der Waals surface area contributed by atoms with Crippen molar-refractivity contribution in [1.29, 1.82) is 0 Å². The lowest BCUT2D eigenvalue weighted by Crippen LogP contribution is -2.75. The van der Waals surface area contributed by atoms with E-state index in [1.165, 1.54) is 76.6 Å². The zero-order chi connectivity index (χ0) is 38.0. The van der Waals surface area contributed by atoms with E-state index in [4.69, 9.17) is 15.2 Å². The molecule has 14 aliphatic rings. The number of carbonyl (C=O) groups is 2. The van der Waals surface area contributed by atoms with Crippen LogP contribution in [-0.2, 0) is 26.3 Å². The van der Waals surface area contributed by atoms with Crippen molar-refractivity contribution in [3.05, 3.63) is 70.1 Å². The van der Waals surface area contributed by atoms with E-state index < -0.39 is 16.4 Å². The highest BCUT2D eigenvalue weighted by Crippen LogP contribution is 2.84. The van der Waals surface area contributed by atoms with Gasteiger partial charge in [0.1, 0.15) is 11.2 Å². The van der Waals surface area contributed by atoms with E-state index in [-0.39, 0.29) is 17.9 Å². The number of piperidine rings is 3. The second kappa shape index (κ2) is 13.3. The number of carbonyl (C=O) groups excluding carboxylic acids is 2. The maximum Gasteiger partial charge on any atom is 0.339 e. The molecule has 7 heteroatoms. The quantitative estimate of drug-likeness (QED) is 0.220. The van der Waals surface area contributed by atoms with Gasteiger partial charge in [0.05, 0.1) is 11.0 Å². The lowest BCUT2D eigenvalue weighted by molar-refractivity contribution is -0.271. The fourth-order valence-corrected chi connectivity index (χ4v) is 15.7. The molecule has 0 amide bonds. The van der Waals surface area contributed by atoms with Crippen LogP contribution in [0.4, 0.5) is 0 Å². The molecule has 1 unspecified atom stereocenters. The Morgan fingerprint density at radius 3 is 2.73 bits per heavy atom. The number of fused-ring (bicyclic) bond motifs is 2. The molecular formula is C49H65N3O4. The first-order valence-corrected chi connectivity index (χ1v) is 23.3. The Bertz CT molecular complexity index is 1890. The molecule has 7 nitrogen and oxygen atoms in total. The summed E-state index contributed by atoms with van der Waals surface area (Å²) in [7, 11) is 0. The second-order valence-corrected chi connectivity index (χ2v) is 20.4. The summed E-state index contributed by atoms with van der Waals surface area (Å²) in [5.74, 6) is 3.78. The molecule has 300 valence electrons. The third-order valence-corrected chi connectivity index (χ3v) is 17.7. The summed E-state index contributed by atoms with van der Waals surface area (Å²) < 4.78 is 14.0. The maximum absolute atomic E-state index is 15.3. The van der Waals surface area contributed by atoms with Crippen LogP contribution < -0.4 is 5.73 Å². The second-order valence-electron chi connectivity index (χ2n) is 20.4. The molecule has 1 aromatic carbocycles. The van der Waals surface area contributed by atoms with E-state index in [9.17, 15) is 4.79 Å². The summed E-state index contributed by atoms with van der Waals surface area (Å²) >= 11 is 0. The van der Waals surface area contributed by atoms with Gasteiger partial charge in [0, 0.05) is 54.8 Å². The van der Waals surface area contributed by atoms with Crippen molar-refractivity contribution in [2.75, 3.05) is 26.2 Å². The molecule has 15 rings (SSSR count). The predicted molar refractivity (Wildman–Crippen MR) is 217 cm³/mol. The van der Waals surface area contributed by atoms with Crippen LogP contribution in [-0.4, -0.2) is 60.0 Å². The van der Waals surface area contributed by atoms with Crippen molar-refractivity contribution >= 4 is 11.9 Å². The Kier molecular flexibility index (Phi) is 8.60. The highest BCUT2D eigenvalue weighted by atomic mass is 16.6. The summed E-state index contributed by atoms with van der Waals surface area (Å²) in [6, 6.07) is 7.48. The van der Waals surface area contributed by atoms with Gasteiger partial charge in [-0.1, -0.05) is 88.3 Å². The molecule has 4 saturated heterocycles. The van der Waals surface area contributed by atoms with Crippen molar-refractivity contribution in [3.63, 3.8) is 0 Å². The molecule has 10 heterocycles. The number of hydrogen-bond donors (Lipinski definition) is 1. The van der Waals surface area contributed by atoms with Gasteiger partial charge in [-0.05, 0) is 118 Å². The molecule has 1 aromatic rings. The lowest BCUT2D eigenvalue weighted by Gasteiger charge is -2.69. The number of allylic oxidation sites excluding steroid dienone is 2. The molecular weight excluding hydrogens is 695 g/mol.